The zero-order valence-corrected chi connectivity index (χ0v) is 20.0. The lowest BCUT2D eigenvalue weighted by molar-refractivity contribution is -0.119. The highest BCUT2D eigenvalue weighted by atomic mass is 32.1. The molecule has 178 valence electrons. The third kappa shape index (κ3) is 6.14. The maximum Gasteiger partial charge on any atom is 0.340 e. The maximum atomic E-state index is 12.7. The Bertz CT molecular complexity index is 1150. The largest absolute Gasteiger partial charge is 0.490 e. The maximum absolute atomic E-state index is 12.7. The minimum Gasteiger partial charge on any atom is -0.490 e. The van der Waals surface area contributed by atoms with E-state index >= 15 is 0 Å². The topological polar surface area (TPSA) is 94.2 Å². The van der Waals surface area contributed by atoms with Gasteiger partial charge in [0, 0.05) is 18.8 Å². The Morgan fingerprint density at radius 1 is 0.941 bits per heavy atom. The number of benzene rings is 2. The highest BCUT2D eigenvalue weighted by Crippen LogP contribution is 2.30. The van der Waals surface area contributed by atoms with Gasteiger partial charge in [0.15, 0.2) is 18.1 Å². The van der Waals surface area contributed by atoms with Gasteiger partial charge in [0.25, 0.3) is 11.8 Å². The number of hydrogen-bond acceptors (Lipinski definition) is 7. The first-order valence-corrected chi connectivity index (χ1v) is 11.6. The lowest BCUT2D eigenvalue weighted by Crippen LogP contribution is -2.28. The normalized spacial score (nSPS) is 10.3. The number of esters is 1. The number of para-hydroxylation sites is 1. The van der Waals surface area contributed by atoms with Gasteiger partial charge in [-0.15, -0.1) is 11.3 Å². The number of carbonyl (C=O) groups excluding carboxylic acids is 3. The van der Waals surface area contributed by atoms with Crippen molar-refractivity contribution in [3.63, 3.8) is 0 Å². The van der Waals surface area contributed by atoms with E-state index in [4.69, 9.17) is 14.2 Å². The van der Waals surface area contributed by atoms with Crippen molar-refractivity contribution < 1.29 is 28.6 Å². The summed E-state index contributed by atoms with van der Waals surface area (Å²) in [4.78, 5) is 39.7. The van der Waals surface area contributed by atoms with Crippen molar-refractivity contribution in [2.45, 2.75) is 13.8 Å². The van der Waals surface area contributed by atoms with Crippen LogP contribution in [0, 0.1) is 0 Å². The molecule has 3 aromatic rings. The fraction of sp³-hybridized carbons (Fsp3) is 0.240. The van der Waals surface area contributed by atoms with Crippen molar-refractivity contribution in [2.24, 2.45) is 0 Å². The molecule has 2 aromatic carbocycles. The number of amides is 2. The van der Waals surface area contributed by atoms with E-state index in [1.807, 2.05) is 19.2 Å². The van der Waals surface area contributed by atoms with Crippen LogP contribution in [0.2, 0.25) is 0 Å². The number of hydrogen-bond donors (Lipinski definition) is 1. The SMILES string of the molecule is CCOc1ccc(NC(=O)COC(=O)c2ccccc2N(C)C(=O)c2cccs2)cc1OCC. The molecule has 0 radical (unpaired) electrons. The second kappa shape index (κ2) is 11.9. The molecule has 0 aliphatic heterocycles. The molecule has 0 saturated carbocycles. The number of nitrogens with zero attached hydrogens (tertiary/aromatic N) is 1. The summed E-state index contributed by atoms with van der Waals surface area (Å²) < 4.78 is 16.3. The molecule has 34 heavy (non-hydrogen) atoms. The zero-order valence-electron chi connectivity index (χ0n) is 19.2. The standard InChI is InChI=1S/C25H26N2O6S/c1-4-31-20-13-12-17(15-21(20)32-5-2)26-23(28)16-33-25(30)18-9-6-7-10-19(18)27(3)24(29)22-11-8-14-34-22/h6-15H,4-5,16H2,1-3H3,(H,26,28). The van der Waals surface area contributed by atoms with Gasteiger partial charge in [0.05, 0.1) is 29.3 Å². The molecule has 0 spiro atoms. The Kier molecular flexibility index (Phi) is 8.64. The number of ether oxygens (including phenoxy) is 3. The van der Waals surface area contributed by atoms with Gasteiger partial charge in [-0.2, -0.15) is 0 Å². The molecular formula is C25H26N2O6S. The summed E-state index contributed by atoms with van der Waals surface area (Å²) >= 11 is 1.31. The molecule has 3 rings (SSSR count). The molecule has 0 atom stereocenters. The Hall–Kier alpha value is -3.85. The number of carbonyl (C=O) groups is 3. The van der Waals surface area contributed by atoms with Crippen LogP contribution in [0.4, 0.5) is 11.4 Å². The van der Waals surface area contributed by atoms with Gasteiger partial charge >= 0.3 is 5.97 Å². The van der Waals surface area contributed by atoms with Crippen LogP contribution in [0.1, 0.15) is 33.9 Å². The second-order valence-corrected chi connectivity index (χ2v) is 7.96. The fourth-order valence-electron chi connectivity index (χ4n) is 3.15. The summed E-state index contributed by atoms with van der Waals surface area (Å²) in [7, 11) is 1.59. The summed E-state index contributed by atoms with van der Waals surface area (Å²) in [5.74, 6) is -0.384. The molecule has 2 amide bonds. The average molecular weight is 483 g/mol. The van der Waals surface area contributed by atoms with E-state index in [0.717, 1.165) is 0 Å². The van der Waals surface area contributed by atoms with Crippen molar-refractivity contribution >= 4 is 40.5 Å². The Morgan fingerprint density at radius 2 is 1.68 bits per heavy atom. The molecule has 1 heterocycles. The highest BCUT2D eigenvalue weighted by molar-refractivity contribution is 7.12. The molecule has 0 saturated heterocycles. The van der Waals surface area contributed by atoms with Gasteiger partial charge in [-0.05, 0) is 49.6 Å². The van der Waals surface area contributed by atoms with Crippen LogP contribution in [0.25, 0.3) is 0 Å². The number of anilines is 2. The minimum absolute atomic E-state index is 0.183. The smallest absolute Gasteiger partial charge is 0.340 e. The second-order valence-electron chi connectivity index (χ2n) is 7.01. The highest BCUT2D eigenvalue weighted by Gasteiger charge is 2.21. The molecule has 8 nitrogen and oxygen atoms in total. The minimum atomic E-state index is -0.710. The predicted octanol–water partition coefficient (Wildman–Crippen LogP) is 4.62. The van der Waals surface area contributed by atoms with Crippen molar-refractivity contribution in [3.8, 4) is 11.5 Å². The van der Waals surface area contributed by atoms with Crippen LogP contribution >= 0.6 is 11.3 Å². The van der Waals surface area contributed by atoms with Crippen LogP contribution < -0.4 is 19.7 Å². The van der Waals surface area contributed by atoms with E-state index in [1.165, 1.54) is 16.2 Å². The van der Waals surface area contributed by atoms with Gasteiger partial charge in [0.1, 0.15) is 0 Å². The van der Waals surface area contributed by atoms with Crippen LogP contribution in [0.15, 0.2) is 60.0 Å². The van der Waals surface area contributed by atoms with Crippen molar-refractivity contribution in [2.75, 3.05) is 37.1 Å². The lowest BCUT2D eigenvalue weighted by Gasteiger charge is -2.19. The van der Waals surface area contributed by atoms with E-state index in [9.17, 15) is 14.4 Å². The number of rotatable bonds is 10. The van der Waals surface area contributed by atoms with E-state index in [1.54, 1.807) is 61.6 Å². The molecule has 1 N–H and O–H groups in total. The third-order valence-corrected chi connectivity index (χ3v) is 5.54. The van der Waals surface area contributed by atoms with E-state index in [2.05, 4.69) is 5.32 Å². The van der Waals surface area contributed by atoms with Gasteiger partial charge in [-0.1, -0.05) is 18.2 Å². The molecule has 9 heteroatoms. The third-order valence-electron chi connectivity index (χ3n) is 4.68. The summed E-state index contributed by atoms with van der Waals surface area (Å²) in [6, 6.07) is 15.1. The van der Waals surface area contributed by atoms with E-state index in [0.29, 0.717) is 41.0 Å². The summed E-state index contributed by atoms with van der Waals surface area (Å²) in [6.45, 7) is 4.15. The predicted molar refractivity (Wildman–Crippen MR) is 131 cm³/mol. The molecule has 0 aliphatic rings. The van der Waals surface area contributed by atoms with Gasteiger partial charge in [-0.3, -0.25) is 9.59 Å². The van der Waals surface area contributed by atoms with E-state index < -0.39 is 18.5 Å². The molecule has 0 fully saturated rings. The lowest BCUT2D eigenvalue weighted by atomic mass is 10.1. The van der Waals surface area contributed by atoms with Crippen molar-refractivity contribution in [1.82, 2.24) is 0 Å². The summed E-state index contributed by atoms with van der Waals surface area (Å²) in [5, 5.41) is 4.48. The molecular weight excluding hydrogens is 456 g/mol. The van der Waals surface area contributed by atoms with E-state index in [-0.39, 0.29) is 11.5 Å². The molecule has 0 aliphatic carbocycles. The van der Waals surface area contributed by atoms with Crippen LogP contribution in [0.3, 0.4) is 0 Å². The van der Waals surface area contributed by atoms with Crippen molar-refractivity contribution in [1.29, 1.82) is 0 Å². The van der Waals surface area contributed by atoms with Gasteiger partial charge in [-0.25, -0.2) is 4.79 Å². The Morgan fingerprint density at radius 3 is 2.38 bits per heavy atom. The average Bonchev–Trinajstić information content (AvgIpc) is 3.38. The first-order valence-electron chi connectivity index (χ1n) is 10.7. The summed E-state index contributed by atoms with van der Waals surface area (Å²) in [5.41, 5.74) is 1.05. The van der Waals surface area contributed by atoms with Crippen LogP contribution in [-0.2, 0) is 9.53 Å². The van der Waals surface area contributed by atoms with Gasteiger partial charge in [0.2, 0.25) is 0 Å². The Balaban J connectivity index is 1.64. The Labute approximate surface area is 202 Å². The quantitative estimate of drug-likeness (QED) is 0.424. The number of nitrogens with one attached hydrogen (secondary N) is 1. The van der Waals surface area contributed by atoms with Crippen molar-refractivity contribution in [3.05, 3.63) is 70.4 Å². The van der Waals surface area contributed by atoms with Crippen LogP contribution in [-0.4, -0.2) is 44.7 Å². The summed E-state index contributed by atoms with van der Waals surface area (Å²) in [6.07, 6.45) is 0. The number of thiophene rings is 1. The first-order chi connectivity index (χ1) is 16.4. The zero-order chi connectivity index (χ0) is 24.5. The molecule has 0 bridgehead atoms. The molecule has 0 unspecified atom stereocenters. The monoisotopic (exact) mass is 482 g/mol. The van der Waals surface area contributed by atoms with Gasteiger partial charge < -0.3 is 24.4 Å². The molecule has 1 aromatic heterocycles. The fourth-order valence-corrected chi connectivity index (χ4v) is 3.85. The van der Waals surface area contributed by atoms with Crippen LogP contribution in [0.5, 0.6) is 11.5 Å². The first kappa shape index (κ1) is 24.8.